The topological polar surface area (TPSA) is 125 Å². The van der Waals surface area contributed by atoms with Gasteiger partial charge in [-0.05, 0) is 36.8 Å². The molecule has 1 saturated carbocycles. The first-order valence-corrected chi connectivity index (χ1v) is 11.5. The Balaban J connectivity index is 1.86. The van der Waals surface area contributed by atoms with Crippen molar-refractivity contribution in [3.63, 3.8) is 0 Å². The molecule has 1 aliphatic rings. The average Bonchev–Trinajstić information content (AvgIpc) is 2.77. The minimum Gasteiger partial charge on any atom is -0.389 e. The van der Waals surface area contributed by atoms with E-state index in [9.17, 15) is 19.8 Å². The number of hydrogen-bond donors (Lipinski definition) is 5. The van der Waals surface area contributed by atoms with Gasteiger partial charge in [-0.3, -0.25) is 9.59 Å². The Morgan fingerprint density at radius 3 is 2.35 bits per heavy atom. The van der Waals surface area contributed by atoms with E-state index in [1.807, 2.05) is 19.9 Å². The minimum atomic E-state index is -1.16. The molecule has 0 unspecified atom stereocenters. The number of hydrogen-bond acceptors (Lipinski definition) is 5. The van der Waals surface area contributed by atoms with E-state index >= 15 is 0 Å². The third-order valence-electron chi connectivity index (χ3n) is 6.01. The van der Waals surface area contributed by atoms with Crippen LogP contribution in [0.5, 0.6) is 0 Å². The maximum Gasteiger partial charge on any atom is 0.251 e. The van der Waals surface area contributed by atoms with Gasteiger partial charge in [0.1, 0.15) is 6.04 Å². The first-order valence-electron chi connectivity index (χ1n) is 11.5. The number of nitrogens with one attached hydrogen (secondary N) is 2. The number of rotatable bonds is 11. The maximum atomic E-state index is 12.7. The molecule has 1 aromatic rings. The molecule has 0 aromatic heterocycles. The Kier molecular flexibility index (Phi) is 10.4. The standard InChI is InChI=1S/C24H39N3O4/c1-16(2)13-20(27-23(30)18-11-7-4-8-12-18)24(31)26-15-21(28)22(29)19(25)14-17-9-5-3-6-10-17/h4,7-8,11-12,16-17,19-22,28-29H,3,5-6,9-10,13-15,25H2,1-2H3,(H,26,31)(H,27,30)/t19-,20-,21-,22+/m0/s1. The first-order chi connectivity index (χ1) is 14.8. The van der Waals surface area contributed by atoms with Crippen molar-refractivity contribution >= 4 is 11.8 Å². The van der Waals surface area contributed by atoms with Gasteiger partial charge in [0.25, 0.3) is 5.91 Å². The second-order valence-corrected chi connectivity index (χ2v) is 9.23. The highest BCUT2D eigenvalue weighted by molar-refractivity contribution is 5.97. The van der Waals surface area contributed by atoms with E-state index in [2.05, 4.69) is 10.6 Å². The van der Waals surface area contributed by atoms with Gasteiger partial charge < -0.3 is 26.6 Å². The van der Waals surface area contributed by atoms with Gasteiger partial charge in [0, 0.05) is 18.2 Å². The summed E-state index contributed by atoms with van der Waals surface area (Å²) in [6, 6.07) is 7.47. The Labute approximate surface area is 185 Å². The van der Waals surface area contributed by atoms with Crippen LogP contribution in [0.1, 0.15) is 69.2 Å². The van der Waals surface area contributed by atoms with E-state index in [0.717, 1.165) is 12.8 Å². The molecule has 2 amide bonds. The van der Waals surface area contributed by atoms with Crippen LogP contribution < -0.4 is 16.4 Å². The molecule has 0 bridgehead atoms. The zero-order valence-corrected chi connectivity index (χ0v) is 18.8. The average molecular weight is 434 g/mol. The summed E-state index contributed by atoms with van der Waals surface area (Å²) in [4.78, 5) is 25.2. The second-order valence-electron chi connectivity index (χ2n) is 9.23. The monoisotopic (exact) mass is 433 g/mol. The van der Waals surface area contributed by atoms with E-state index in [1.54, 1.807) is 24.3 Å². The summed E-state index contributed by atoms with van der Waals surface area (Å²) in [5, 5.41) is 26.2. The number of benzene rings is 1. The van der Waals surface area contributed by atoms with Gasteiger partial charge >= 0.3 is 0 Å². The van der Waals surface area contributed by atoms with E-state index < -0.39 is 24.3 Å². The maximum absolute atomic E-state index is 12.7. The van der Waals surface area contributed by atoms with Crippen molar-refractivity contribution in [1.29, 1.82) is 0 Å². The number of carbonyl (C=O) groups excluding carboxylic acids is 2. The number of nitrogens with two attached hydrogens (primary N) is 1. The summed E-state index contributed by atoms with van der Waals surface area (Å²) < 4.78 is 0. The third kappa shape index (κ3) is 8.59. The summed E-state index contributed by atoms with van der Waals surface area (Å²) in [5.74, 6) is -0.0309. The molecule has 0 aliphatic heterocycles. The van der Waals surface area contributed by atoms with Crippen molar-refractivity contribution in [3.8, 4) is 0 Å². The highest BCUT2D eigenvalue weighted by Crippen LogP contribution is 2.27. The summed E-state index contributed by atoms with van der Waals surface area (Å²) in [7, 11) is 0. The van der Waals surface area contributed by atoms with Gasteiger partial charge in [-0.15, -0.1) is 0 Å². The summed E-state index contributed by atoms with van der Waals surface area (Å²) in [6.07, 6.45) is 4.74. The summed E-state index contributed by atoms with van der Waals surface area (Å²) >= 11 is 0. The van der Waals surface area contributed by atoms with Crippen molar-refractivity contribution in [2.75, 3.05) is 6.54 Å². The fourth-order valence-corrected chi connectivity index (χ4v) is 4.22. The Hall–Kier alpha value is -1.96. The van der Waals surface area contributed by atoms with Gasteiger partial charge in [0.2, 0.25) is 5.91 Å². The molecular formula is C24H39N3O4. The lowest BCUT2D eigenvalue weighted by atomic mass is 9.83. The molecule has 6 N–H and O–H groups in total. The fourth-order valence-electron chi connectivity index (χ4n) is 4.22. The molecule has 4 atom stereocenters. The molecule has 1 aromatic carbocycles. The molecule has 7 heteroatoms. The van der Waals surface area contributed by atoms with Crippen LogP contribution in [0, 0.1) is 11.8 Å². The lowest BCUT2D eigenvalue weighted by Crippen LogP contribution is -2.52. The highest BCUT2D eigenvalue weighted by atomic mass is 16.3. The van der Waals surface area contributed by atoms with Crippen LogP contribution in [0.25, 0.3) is 0 Å². The largest absolute Gasteiger partial charge is 0.389 e. The van der Waals surface area contributed by atoms with Crippen LogP contribution >= 0.6 is 0 Å². The molecule has 0 radical (unpaired) electrons. The zero-order chi connectivity index (χ0) is 22.8. The molecule has 174 valence electrons. The predicted octanol–water partition coefficient (Wildman–Crippen LogP) is 1.97. The van der Waals surface area contributed by atoms with Gasteiger partial charge in [0.05, 0.1) is 12.2 Å². The minimum absolute atomic E-state index is 0.117. The Morgan fingerprint density at radius 2 is 1.74 bits per heavy atom. The molecule has 2 rings (SSSR count). The Morgan fingerprint density at radius 1 is 1.10 bits per heavy atom. The van der Waals surface area contributed by atoms with Crippen LogP contribution in [0.4, 0.5) is 0 Å². The van der Waals surface area contributed by atoms with Crippen LogP contribution in [-0.2, 0) is 4.79 Å². The van der Waals surface area contributed by atoms with E-state index in [4.69, 9.17) is 5.73 Å². The molecule has 7 nitrogen and oxygen atoms in total. The number of carbonyl (C=O) groups is 2. The predicted molar refractivity (Wildman–Crippen MR) is 121 cm³/mol. The molecule has 1 aliphatic carbocycles. The van der Waals surface area contributed by atoms with Gasteiger partial charge in [-0.25, -0.2) is 0 Å². The van der Waals surface area contributed by atoms with Crippen LogP contribution in [0.2, 0.25) is 0 Å². The van der Waals surface area contributed by atoms with Crippen molar-refractivity contribution in [3.05, 3.63) is 35.9 Å². The number of aliphatic hydroxyl groups excluding tert-OH is 2. The SMILES string of the molecule is CC(C)C[C@H](NC(=O)c1ccccc1)C(=O)NC[C@H](O)[C@H](O)[C@@H](N)CC1CCCCC1. The Bertz CT molecular complexity index is 677. The number of amides is 2. The number of aliphatic hydroxyl groups is 2. The molecule has 1 fully saturated rings. The van der Waals surface area contributed by atoms with E-state index in [1.165, 1.54) is 19.3 Å². The fraction of sp³-hybridized carbons (Fsp3) is 0.667. The molecule has 0 heterocycles. The quantitative estimate of drug-likeness (QED) is 0.365. The molecule has 0 spiro atoms. The molecular weight excluding hydrogens is 394 g/mol. The normalized spacial score (nSPS) is 18.8. The van der Waals surface area contributed by atoms with E-state index in [-0.39, 0.29) is 24.3 Å². The third-order valence-corrected chi connectivity index (χ3v) is 6.01. The van der Waals surface area contributed by atoms with E-state index in [0.29, 0.717) is 24.3 Å². The highest BCUT2D eigenvalue weighted by Gasteiger charge is 2.28. The summed E-state index contributed by atoms with van der Waals surface area (Å²) in [5.41, 5.74) is 6.61. The first kappa shape index (κ1) is 25.3. The van der Waals surface area contributed by atoms with Gasteiger partial charge in [0.15, 0.2) is 0 Å². The van der Waals surface area contributed by atoms with Gasteiger partial charge in [-0.2, -0.15) is 0 Å². The van der Waals surface area contributed by atoms with Crippen LogP contribution in [0.15, 0.2) is 30.3 Å². The van der Waals surface area contributed by atoms with Crippen LogP contribution in [0.3, 0.4) is 0 Å². The second kappa shape index (κ2) is 12.8. The van der Waals surface area contributed by atoms with Gasteiger partial charge in [-0.1, -0.05) is 64.2 Å². The molecule has 0 saturated heterocycles. The van der Waals surface area contributed by atoms with Crippen molar-refractivity contribution in [1.82, 2.24) is 10.6 Å². The van der Waals surface area contributed by atoms with Crippen molar-refractivity contribution in [2.45, 2.75) is 83.1 Å². The van der Waals surface area contributed by atoms with Crippen molar-refractivity contribution < 1.29 is 19.8 Å². The lowest BCUT2D eigenvalue weighted by Gasteiger charge is -2.29. The lowest BCUT2D eigenvalue weighted by molar-refractivity contribution is -0.124. The van der Waals surface area contributed by atoms with Crippen molar-refractivity contribution in [2.24, 2.45) is 17.6 Å². The van der Waals surface area contributed by atoms with Crippen LogP contribution in [-0.4, -0.2) is 52.9 Å². The summed E-state index contributed by atoms with van der Waals surface area (Å²) in [6.45, 7) is 3.82. The molecule has 31 heavy (non-hydrogen) atoms. The zero-order valence-electron chi connectivity index (χ0n) is 18.8. The smallest absolute Gasteiger partial charge is 0.251 e.